The highest BCUT2D eigenvalue weighted by atomic mass is 79.9. The average molecular weight is 358 g/mol. The summed E-state index contributed by atoms with van der Waals surface area (Å²) in [4.78, 5) is 0. The van der Waals surface area contributed by atoms with Crippen molar-refractivity contribution < 1.29 is 18.3 Å². The summed E-state index contributed by atoms with van der Waals surface area (Å²) in [5.41, 5.74) is 6.25. The SMILES string of the molecule is Nc1cccc(OCCCOc2c(F)cc(F)cc2Br)c1. The Labute approximate surface area is 129 Å². The van der Waals surface area contributed by atoms with Crippen LogP contribution in [0, 0.1) is 11.6 Å². The minimum atomic E-state index is -0.737. The van der Waals surface area contributed by atoms with Crippen molar-refractivity contribution in [3.63, 3.8) is 0 Å². The first-order chi connectivity index (χ1) is 10.1. The molecule has 0 amide bonds. The van der Waals surface area contributed by atoms with Crippen LogP contribution in [0.2, 0.25) is 0 Å². The lowest BCUT2D eigenvalue weighted by atomic mass is 10.3. The molecule has 0 fully saturated rings. The van der Waals surface area contributed by atoms with Crippen LogP contribution >= 0.6 is 15.9 Å². The van der Waals surface area contributed by atoms with Gasteiger partial charge in [-0.3, -0.25) is 0 Å². The van der Waals surface area contributed by atoms with E-state index < -0.39 is 11.6 Å². The van der Waals surface area contributed by atoms with E-state index in [1.807, 2.05) is 0 Å². The second-order valence-electron chi connectivity index (χ2n) is 4.32. The summed E-state index contributed by atoms with van der Waals surface area (Å²) in [5.74, 6) is -0.722. The van der Waals surface area contributed by atoms with E-state index in [0.717, 1.165) is 12.1 Å². The second-order valence-corrected chi connectivity index (χ2v) is 5.18. The molecular formula is C15H14BrF2NO2. The molecular weight excluding hydrogens is 344 g/mol. The van der Waals surface area contributed by atoms with Crippen LogP contribution < -0.4 is 15.2 Å². The Morgan fingerprint density at radius 2 is 1.81 bits per heavy atom. The van der Waals surface area contributed by atoms with Crippen LogP contribution in [0.5, 0.6) is 11.5 Å². The maximum Gasteiger partial charge on any atom is 0.169 e. The average Bonchev–Trinajstić information content (AvgIpc) is 2.41. The normalized spacial score (nSPS) is 10.4. The topological polar surface area (TPSA) is 44.5 Å². The van der Waals surface area contributed by atoms with Gasteiger partial charge in [-0.15, -0.1) is 0 Å². The van der Waals surface area contributed by atoms with Gasteiger partial charge in [0.25, 0.3) is 0 Å². The quantitative estimate of drug-likeness (QED) is 0.623. The number of halogens is 3. The third kappa shape index (κ3) is 4.60. The summed E-state index contributed by atoms with van der Waals surface area (Å²) in [5, 5.41) is 0. The highest BCUT2D eigenvalue weighted by Crippen LogP contribution is 2.29. The summed E-state index contributed by atoms with van der Waals surface area (Å²) in [7, 11) is 0. The van der Waals surface area contributed by atoms with Gasteiger partial charge in [0.05, 0.1) is 17.7 Å². The number of nitrogens with two attached hydrogens (primary N) is 1. The Balaban J connectivity index is 1.78. The summed E-state index contributed by atoms with van der Waals surface area (Å²) in [6.07, 6.45) is 0.554. The van der Waals surface area contributed by atoms with E-state index in [0.29, 0.717) is 24.5 Å². The van der Waals surface area contributed by atoms with Crippen LogP contribution in [0.15, 0.2) is 40.9 Å². The van der Waals surface area contributed by atoms with E-state index in [9.17, 15) is 8.78 Å². The molecule has 0 aromatic heterocycles. The number of ether oxygens (including phenoxy) is 2. The Hall–Kier alpha value is -1.82. The molecule has 0 unspecified atom stereocenters. The fourth-order valence-electron chi connectivity index (χ4n) is 1.69. The molecule has 0 bridgehead atoms. The monoisotopic (exact) mass is 357 g/mol. The van der Waals surface area contributed by atoms with E-state index >= 15 is 0 Å². The lowest BCUT2D eigenvalue weighted by Crippen LogP contribution is -2.06. The molecule has 0 saturated heterocycles. The molecule has 0 aliphatic heterocycles. The minimum Gasteiger partial charge on any atom is -0.493 e. The van der Waals surface area contributed by atoms with Crippen molar-refractivity contribution in [1.29, 1.82) is 0 Å². The van der Waals surface area contributed by atoms with Crippen molar-refractivity contribution in [2.75, 3.05) is 18.9 Å². The lowest BCUT2D eigenvalue weighted by molar-refractivity contribution is 0.240. The van der Waals surface area contributed by atoms with Crippen LogP contribution in [0.3, 0.4) is 0 Å². The number of nitrogen functional groups attached to an aromatic ring is 1. The maximum atomic E-state index is 13.5. The molecule has 6 heteroatoms. The van der Waals surface area contributed by atoms with Gasteiger partial charge >= 0.3 is 0 Å². The number of hydrogen-bond acceptors (Lipinski definition) is 3. The highest BCUT2D eigenvalue weighted by molar-refractivity contribution is 9.10. The zero-order valence-corrected chi connectivity index (χ0v) is 12.7. The second kappa shape index (κ2) is 7.26. The molecule has 0 radical (unpaired) electrons. The molecule has 0 aliphatic carbocycles. The van der Waals surface area contributed by atoms with Gasteiger partial charge in [0.15, 0.2) is 11.6 Å². The smallest absolute Gasteiger partial charge is 0.169 e. The molecule has 3 nitrogen and oxygen atoms in total. The van der Waals surface area contributed by atoms with Gasteiger partial charge in [0, 0.05) is 24.2 Å². The van der Waals surface area contributed by atoms with E-state index in [1.54, 1.807) is 24.3 Å². The van der Waals surface area contributed by atoms with Gasteiger partial charge in [-0.2, -0.15) is 0 Å². The highest BCUT2D eigenvalue weighted by Gasteiger charge is 2.10. The van der Waals surface area contributed by atoms with E-state index in [1.165, 1.54) is 0 Å². The Bertz CT molecular complexity index is 599. The first kappa shape index (κ1) is 15.6. The molecule has 2 rings (SSSR count). The van der Waals surface area contributed by atoms with E-state index in [2.05, 4.69) is 15.9 Å². The minimum absolute atomic E-state index is 0.000329. The Morgan fingerprint density at radius 3 is 2.52 bits per heavy atom. The largest absolute Gasteiger partial charge is 0.493 e. The van der Waals surface area contributed by atoms with Crippen LogP contribution in [-0.2, 0) is 0 Å². The van der Waals surface area contributed by atoms with Crippen molar-refractivity contribution in [2.45, 2.75) is 6.42 Å². The van der Waals surface area contributed by atoms with Crippen LogP contribution in [-0.4, -0.2) is 13.2 Å². The summed E-state index contributed by atoms with van der Waals surface area (Å²) < 4.78 is 37.4. The first-order valence-electron chi connectivity index (χ1n) is 6.32. The van der Waals surface area contributed by atoms with E-state index in [4.69, 9.17) is 15.2 Å². The van der Waals surface area contributed by atoms with Crippen LogP contribution in [0.4, 0.5) is 14.5 Å². The molecule has 2 aromatic rings. The predicted octanol–water partition coefficient (Wildman–Crippen LogP) is 4.16. The number of benzene rings is 2. The molecule has 0 atom stereocenters. The number of rotatable bonds is 6. The van der Waals surface area contributed by atoms with Crippen LogP contribution in [0.25, 0.3) is 0 Å². The lowest BCUT2D eigenvalue weighted by Gasteiger charge is -2.10. The standard InChI is InChI=1S/C15H14BrF2NO2/c16-13-7-10(17)8-14(18)15(13)21-6-2-5-20-12-4-1-3-11(19)9-12/h1,3-4,7-9H,2,5-6,19H2. The molecule has 21 heavy (non-hydrogen) atoms. The zero-order chi connectivity index (χ0) is 15.2. The van der Waals surface area contributed by atoms with Crippen molar-refractivity contribution in [1.82, 2.24) is 0 Å². The molecule has 0 saturated carbocycles. The van der Waals surface area contributed by atoms with Gasteiger partial charge in [0.1, 0.15) is 11.6 Å². The van der Waals surface area contributed by atoms with Crippen molar-refractivity contribution in [3.05, 3.63) is 52.5 Å². The summed E-state index contributed by atoms with van der Waals surface area (Å²) in [6, 6.07) is 9.02. The molecule has 0 spiro atoms. The molecule has 0 aliphatic rings. The Kier molecular flexibility index (Phi) is 5.38. The van der Waals surface area contributed by atoms with Gasteiger partial charge in [-0.25, -0.2) is 8.78 Å². The summed E-state index contributed by atoms with van der Waals surface area (Å²) in [6.45, 7) is 0.660. The van der Waals surface area contributed by atoms with Crippen LogP contribution in [0.1, 0.15) is 6.42 Å². The summed E-state index contributed by atoms with van der Waals surface area (Å²) >= 11 is 3.06. The van der Waals surface area contributed by atoms with Crippen molar-refractivity contribution in [2.24, 2.45) is 0 Å². The van der Waals surface area contributed by atoms with E-state index in [-0.39, 0.29) is 16.8 Å². The van der Waals surface area contributed by atoms with Gasteiger partial charge in [-0.05, 0) is 34.1 Å². The number of anilines is 1. The number of hydrogen-bond donors (Lipinski definition) is 1. The third-order valence-electron chi connectivity index (χ3n) is 2.62. The maximum absolute atomic E-state index is 13.5. The van der Waals surface area contributed by atoms with Crippen molar-refractivity contribution in [3.8, 4) is 11.5 Å². The van der Waals surface area contributed by atoms with Gasteiger partial charge < -0.3 is 15.2 Å². The molecule has 2 N–H and O–H groups in total. The fourth-order valence-corrected chi connectivity index (χ4v) is 2.22. The molecule has 2 aromatic carbocycles. The van der Waals surface area contributed by atoms with Gasteiger partial charge in [-0.1, -0.05) is 6.07 Å². The fraction of sp³-hybridized carbons (Fsp3) is 0.200. The molecule has 112 valence electrons. The Morgan fingerprint density at radius 1 is 1.05 bits per heavy atom. The zero-order valence-electron chi connectivity index (χ0n) is 11.1. The molecule has 0 heterocycles. The van der Waals surface area contributed by atoms with Gasteiger partial charge in [0.2, 0.25) is 0 Å². The van der Waals surface area contributed by atoms with Crippen molar-refractivity contribution >= 4 is 21.6 Å². The predicted molar refractivity (Wildman–Crippen MR) is 80.5 cm³/mol. The first-order valence-corrected chi connectivity index (χ1v) is 7.11. The third-order valence-corrected chi connectivity index (χ3v) is 3.21.